The van der Waals surface area contributed by atoms with Crippen molar-refractivity contribution in [2.45, 2.75) is 6.42 Å². The molecule has 1 aromatic heterocycles. The zero-order valence-electron chi connectivity index (χ0n) is 18.4. The number of methoxy groups -OCH3 is 1. The van der Waals surface area contributed by atoms with E-state index < -0.39 is 16.2 Å². The number of esters is 1. The predicted molar refractivity (Wildman–Crippen MR) is 120 cm³/mol. The molecule has 0 bridgehead atoms. The predicted octanol–water partition coefficient (Wildman–Crippen LogP) is 0.381. The maximum absolute atomic E-state index is 12.0. The van der Waals surface area contributed by atoms with Gasteiger partial charge in [0.05, 0.1) is 18.6 Å². The van der Waals surface area contributed by atoms with Crippen molar-refractivity contribution in [1.29, 1.82) is 0 Å². The SMILES string of the molecule is COC(=O)CN(CCCNc1ccc([N+](=O)[O-])cc1)CCNc1cc(=O)n(C)c(=O)n1C. The number of benzene rings is 1. The molecule has 0 radical (unpaired) electrons. The summed E-state index contributed by atoms with van der Waals surface area (Å²) in [6, 6.07) is 7.50. The number of aromatic nitrogens is 2. The van der Waals surface area contributed by atoms with Gasteiger partial charge in [-0.1, -0.05) is 0 Å². The first-order chi connectivity index (χ1) is 15.2. The second-order valence-corrected chi connectivity index (χ2v) is 7.13. The molecule has 12 nitrogen and oxygen atoms in total. The first-order valence-electron chi connectivity index (χ1n) is 10.0. The maximum Gasteiger partial charge on any atom is 0.332 e. The van der Waals surface area contributed by atoms with Crippen molar-refractivity contribution in [3.8, 4) is 0 Å². The lowest BCUT2D eigenvalue weighted by molar-refractivity contribution is -0.384. The molecule has 2 rings (SSSR count). The number of carbonyl (C=O) groups is 1. The van der Waals surface area contributed by atoms with E-state index in [1.165, 1.54) is 36.9 Å². The van der Waals surface area contributed by atoms with E-state index in [1.54, 1.807) is 19.2 Å². The summed E-state index contributed by atoms with van der Waals surface area (Å²) in [5, 5.41) is 17.0. The number of nitrogens with zero attached hydrogens (tertiary/aromatic N) is 4. The van der Waals surface area contributed by atoms with Gasteiger partial charge in [0.15, 0.2) is 0 Å². The van der Waals surface area contributed by atoms with Crippen LogP contribution in [0.2, 0.25) is 0 Å². The Morgan fingerprint density at radius 1 is 1.09 bits per heavy atom. The van der Waals surface area contributed by atoms with Crippen LogP contribution in [0, 0.1) is 10.1 Å². The van der Waals surface area contributed by atoms with Crippen LogP contribution in [0.5, 0.6) is 0 Å². The highest BCUT2D eigenvalue weighted by Crippen LogP contribution is 2.15. The number of anilines is 2. The van der Waals surface area contributed by atoms with Crippen molar-refractivity contribution < 1.29 is 14.5 Å². The number of hydrogen-bond donors (Lipinski definition) is 2. The molecule has 0 aliphatic heterocycles. The fourth-order valence-electron chi connectivity index (χ4n) is 3.00. The molecule has 0 aliphatic rings. The summed E-state index contributed by atoms with van der Waals surface area (Å²) >= 11 is 0. The summed E-state index contributed by atoms with van der Waals surface area (Å²) in [6.45, 7) is 2.19. The van der Waals surface area contributed by atoms with Gasteiger partial charge in [0.2, 0.25) is 0 Å². The van der Waals surface area contributed by atoms with Gasteiger partial charge >= 0.3 is 11.7 Å². The van der Waals surface area contributed by atoms with E-state index in [9.17, 15) is 24.5 Å². The minimum Gasteiger partial charge on any atom is -0.468 e. The Balaban J connectivity index is 1.87. The standard InChI is InChI=1S/C20H28N6O6/c1-23-17(13-18(27)24(2)20(23)29)22-10-12-25(14-19(28)32-3)11-4-9-21-15-5-7-16(8-6-15)26(30)31/h5-8,13,21-22H,4,9-12,14H2,1-3H3. The van der Waals surface area contributed by atoms with E-state index >= 15 is 0 Å². The average molecular weight is 448 g/mol. The molecule has 0 saturated carbocycles. The van der Waals surface area contributed by atoms with Crippen molar-refractivity contribution >= 4 is 23.2 Å². The summed E-state index contributed by atoms with van der Waals surface area (Å²) in [4.78, 5) is 47.7. The van der Waals surface area contributed by atoms with E-state index in [2.05, 4.69) is 10.6 Å². The van der Waals surface area contributed by atoms with Gasteiger partial charge in [-0.15, -0.1) is 0 Å². The average Bonchev–Trinajstić information content (AvgIpc) is 2.78. The van der Waals surface area contributed by atoms with Crippen LogP contribution in [0.25, 0.3) is 0 Å². The lowest BCUT2D eigenvalue weighted by atomic mass is 10.2. The van der Waals surface area contributed by atoms with Gasteiger partial charge in [-0.3, -0.25) is 33.7 Å². The van der Waals surface area contributed by atoms with Crippen LogP contribution < -0.4 is 21.9 Å². The maximum atomic E-state index is 12.0. The van der Waals surface area contributed by atoms with Gasteiger partial charge in [0.1, 0.15) is 5.82 Å². The second-order valence-electron chi connectivity index (χ2n) is 7.13. The molecule has 12 heteroatoms. The Hall–Kier alpha value is -3.67. The number of carbonyl (C=O) groups excluding carboxylic acids is 1. The Labute approximate surface area is 184 Å². The Morgan fingerprint density at radius 3 is 2.41 bits per heavy atom. The third-order valence-corrected chi connectivity index (χ3v) is 4.90. The smallest absolute Gasteiger partial charge is 0.332 e. The molecule has 0 amide bonds. The van der Waals surface area contributed by atoms with Gasteiger partial charge in [-0.05, 0) is 18.6 Å². The number of non-ortho nitro benzene ring substituents is 1. The van der Waals surface area contributed by atoms with Gasteiger partial charge < -0.3 is 15.4 Å². The second kappa shape index (κ2) is 11.6. The van der Waals surface area contributed by atoms with Crippen molar-refractivity contribution in [2.24, 2.45) is 14.1 Å². The molecular formula is C20H28N6O6. The Bertz CT molecular complexity index is 1050. The van der Waals surface area contributed by atoms with Crippen LogP contribution in [0.15, 0.2) is 39.9 Å². The molecule has 0 aliphatic carbocycles. The highest BCUT2D eigenvalue weighted by molar-refractivity contribution is 5.71. The first-order valence-corrected chi connectivity index (χ1v) is 10.0. The molecule has 0 unspecified atom stereocenters. The van der Waals surface area contributed by atoms with Crippen molar-refractivity contribution in [1.82, 2.24) is 14.0 Å². The van der Waals surface area contributed by atoms with E-state index in [0.717, 1.165) is 10.3 Å². The van der Waals surface area contributed by atoms with Crippen LogP contribution >= 0.6 is 0 Å². The van der Waals surface area contributed by atoms with E-state index in [4.69, 9.17) is 4.74 Å². The van der Waals surface area contributed by atoms with Gasteiger partial charge in [0.25, 0.3) is 11.2 Å². The molecule has 1 heterocycles. The van der Waals surface area contributed by atoms with E-state index in [1.807, 2.05) is 4.90 Å². The van der Waals surface area contributed by atoms with Crippen molar-refractivity contribution in [3.05, 3.63) is 61.3 Å². The van der Waals surface area contributed by atoms with Crippen LogP contribution in [-0.4, -0.2) is 64.8 Å². The molecule has 1 aromatic carbocycles. The molecule has 0 fully saturated rings. The Kier molecular flexibility index (Phi) is 8.95. The normalized spacial score (nSPS) is 10.8. The van der Waals surface area contributed by atoms with Crippen molar-refractivity contribution in [3.63, 3.8) is 0 Å². The molecule has 0 saturated heterocycles. The fraction of sp³-hybridized carbons (Fsp3) is 0.450. The van der Waals surface area contributed by atoms with Crippen LogP contribution in [0.1, 0.15) is 6.42 Å². The number of nitro benzene ring substituents is 1. The quantitative estimate of drug-likeness (QED) is 0.204. The summed E-state index contributed by atoms with van der Waals surface area (Å²) in [6.07, 6.45) is 0.707. The lowest BCUT2D eigenvalue weighted by Crippen LogP contribution is -2.39. The number of nitro groups is 1. The van der Waals surface area contributed by atoms with Crippen LogP contribution in [0.3, 0.4) is 0 Å². The molecule has 0 atom stereocenters. The first kappa shape index (κ1) is 24.6. The third-order valence-electron chi connectivity index (χ3n) is 4.90. The minimum absolute atomic E-state index is 0.0288. The van der Waals surface area contributed by atoms with Crippen LogP contribution in [0.4, 0.5) is 17.2 Å². The molecule has 2 N–H and O–H groups in total. The zero-order chi connectivity index (χ0) is 23.7. The van der Waals surface area contributed by atoms with E-state index in [-0.39, 0.29) is 18.2 Å². The third kappa shape index (κ3) is 6.94. The monoisotopic (exact) mass is 448 g/mol. The molecule has 0 spiro atoms. The van der Waals surface area contributed by atoms with Gasteiger partial charge in [-0.25, -0.2) is 4.79 Å². The number of nitrogens with one attached hydrogen (secondary N) is 2. The lowest BCUT2D eigenvalue weighted by Gasteiger charge is -2.22. The van der Waals surface area contributed by atoms with Gasteiger partial charge in [-0.2, -0.15) is 0 Å². The largest absolute Gasteiger partial charge is 0.468 e. The molecule has 32 heavy (non-hydrogen) atoms. The zero-order valence-corrected chi connectivity index (χ0v) is 18.4. The molecular weight excluding hydrogens is 420 g/mol. The fourth-order valence-corrected chi connectivity index (χ4v) is 3.00. The summed E-state index contributed by atoms with van der Waals surface area (Å²) < 4.78 is 7.12. The number of rotatable bonds is 12. The number of hydrogen-bond acceptors (Lipinski definition) is 9. The minimum atomic E-state index is -0.451. The van der Waals surface area contributed by atoms with Crippen LogP contribution in [-0.2, 0) is 23.6 Å². The highest BCUT2D eigenvalue weighted by atomic mass is 16.6. The topological polar surface area (TPSA) is 141 Å². The van der Waals surface area contributed by atoms with Crippen molar-refractivity contribution in [2.75, 3.05) is 50.5 Å². The summed E-state index contributed by atoms with van der Waals surface area (Å²) in [5.74, 6) is 0.0327. The molecule has 2 aromatic rings. The summed E-state index contributed by atoms with van der Waals surface area (Å²) in [5.41, 5.74) is -0.0347. The number of ether oxygens (including phenoxy) is 1. The molecule has 174 valence electrons. The highest BCUT2D eigenvalue weighted by Gasteiger charge is 2.12. The summed E-state index contributed by atoms with van der Waals surface area (Å²) in [7, 11) is 4.31. The Morgan fingerprint density at radius 2 is 1.78 bits per heavy atom. The van der Waals surface area contributed by atoms with Gasteiger partial charge in [0, 0.05) is 64.2 Å². The van der Waals surface area contributed by atoms with E-state index in [0.29, 0.717) is 38.4 Å².